The number of aliphatic hydroxyl groups is 1. The smallest absolute Gasteiger partial charge is 0.250 e. The van der Waals surface area contributed by atoms with Gasteiger partial charge in [-0.1, -0.05) is 31.9 Å². The number of hydrogen-bond donors (Lipinski definition) is 3. The summed E-state index contributed by atoms with van der Waals surface area (Å²) in [5, 5.41) is 16.9. The fourth-order valence-corrected chi connectivity index (χ4v) is 7.13. The van der Waals surface area contributed by atoms with Crippen LogP contribution < -0.4 is 15.4 Å². The third-order valence-electron chi connectivity index (χ3n) is 9.14. The van der Waals surface area contributed by atoms with Crippen LogP contribution >= 0.6 is 11.6 Å². The number of amides is 3. The van der Waals surface area contributed by atoms with E-state index in [9.17, 15) is 19.5 Å². The minimum atomic E-state index is -1.20. The third kappa shape index (κ3) is 4.98. The number of likely N-dealkylation sites (tertiary alicyclic amines) is 1. The van der Waals surface area contributed by atoms with Crippen molar-refractivity contribution in [3.8, 4) is 5.75 Å². The van der Waals surface area contributed by atoms with Crippen LogP contribution in [0.1, 0.15) is 47.0 Å². The maximum absolute atomic E-state index is 14.4. The molecule has 3 saturated heterocycles. The number of hydrogen-bond acceptors (Lipinski definition) is 6. The molecule has 220 valence electrons. The van der Waals surface area contributed by atoms with Gasteiger partial charge in [0, 0.05) is 16.4 Å². The quantitative estimate of drug-likeness (QED) is 0.379. The van der Waals surface area contributed by atoms with Crippen LogP contribution in [0.25, 0.3) is 0 Å². The first-order valence-corrected chi connectivity index (χ1v) is 14.7. The number of anilines is 2. The average molecular weight is 584 g/mol. The molecular formula is C31H38ClN3O6. The van der Waals surface area contributed by atoms with Gasteiger partial charge in [0.25, 0.3) is 0 Å². The van der Waals surface area contributed by atoms with E-state index >= 15 is 0 Å². The first-order chi connectivity index (χ1) is 19.6. The summed E-state index contributed by atoms with van der Waals surface area (Å²) in [5.41, 5.74) is -1.03. The van der Waals surface area contributed by atoms with Crippen LogP contribution in [0, 0.1) is 17.8 Å². The number of fused-ring (bicyclic) bond motifs is 1. The number of rotatable bonds is 10. The Kier molecular flexibility index (Phi) is 8.07. The van der Waals surface area contributed by atoms with E-state index in [2.05, 4.69) is 10.6 Å². The molecule has 2 aromatic rings. The zero-order chi connectivity index (χ0) is 29.5. The number of carbonyl (C=O) groups excluding carboxylic acids is 3. The standard InChI is InChI=1S/C31H38ClN3O6/c1-5-18(3)23(17-36)35-26(28(38)34-20-9-7-19(32)8-10-20)31-16-15-30(4,41-31)24(25(31)29(35)39)27(37)33-21-11-13-22(14-12-21)40-6-2/h7-14,18,23-26,36H,5-6,15-17H2,1-4H3,(H,33,37)(H,34,38)/t18-,23-,24+,25-,26?,30-,31?/m0/s1. The Hall–Kier alpha value is -3.14. The fourth-order valence-electron chi connectivity index (χ4n) is 7.00. The first-order valence-electron chi connectivity index (χ1n) is 14.3. The van der Waals surface area contributed by atoms with Crippen LogP contribution in [0.5, 0.6) is 5.75 Å². The van der Waals surface area contributed by atoms with Crippen molar-refractivity contribution in [2.75, 3.05) is 23.8 Å². The summed E-state index contributed by atoms with van der Waals surface area (Å²) in [6.45, 7) is 7.90. The molecule has 3 N–H and O–H groups in total. The van der Waals surface area contributed by atoms with Gasteiger partial charge >= 0.3 is 0 Å². The second kappa shape index (κ2) is 11.3. The molecule has 3 fully saturated rings. The SMILES string of the molecule is CCOc1ccc(NC(=O)[C@H]2[C@H]3C(=O)N([C@@H](CO)[C@@H](C)CC)C(C(=O)Nc4ccc(Cl)cc4)C34CC[C@]2(C)O4)cc1. The van der Waals surface area contributed by atoms with Crippen molar-refractivity contribution in [3.63, 3.8) is 0 Å². The Labute approximate surface area is 245 Å². The van der Waals surface area contributed by atoms with E-state index in [1.165, 1.54) is 4.90 Å². The molecule has 3 aliphatic rings. The van der Waals surface area contributed by atoms with Gasteiger partial charge in [0.05, 0.1) is 36.7 Å². The van der Waals surface area contributed by atoms with E-state index in [0.29, 0.717) is 48.0 Å². The zero-order valence-corrected chi connectivity index (χ0v) is 24.6. The molecule has 41 heavy (non-hydrogen) atoms. The molecule has 1 spiro atoms. The van der Waals surface area contributed by atoms with Crippen LogP contribution in [0.2, 0.25) is 5.02 Å². The van der Waals surface area contributed by atoms with Gasteiger partial charge in [0.2, 0.25) is 17.7 Å². The maximum Gasteiger partial charge on any atom is 0.250 e. The lowest BCUT2D eigenvalue weighted by atomic mass is 9.66. The normalized spacial score (nSPS) is 29.7. The van der Waals surface area contributed by atoms with Crippen molar-refractivity contribution in [2.45, 2.75) is 70.2 Å². The molecule has 0 aromatic heterocycles. The van der Waals surface area contributed by atoms with Crippen LogP contribution in [-0.2, 0) is 19.1 Å². The number of ether oxygens (including phenoxy) is 2. The maximum atomic E-state index is 14.4. The van der Waals surface area contributed by atoms with Gasteiger partial charge in [-0.05, 0) is 81.1 Å². The van der Waals surface area contributed by atoms with Crippen molar-refractivity contribution in [1.29, 1.82) is 0 Å². The highest BCUT2D eigenvalue weighted by atomic mass is 35.5. The fraction of sp³-hybridized carbons (Fsp3) is 0.516. The van der Waals surface area contributed by atoms with Crippen LogP contribution in [0.4, 0.5) is 11.4 Å². The monoisotopic (exact) mass is 583 g/mol. The average Bonchev–Trinajstić information content (AvgIpc) is 3.52. The van der Waals surface area contributed by atoms with E-state index in [4.69, 9.17) is 21.1 Å². The molecule has 3 heterocycles. The molecule has 9 nitrogen and oxygen atoms in total. The molecule has 7 atom stereocenters. The van der Waals surface area contributed by atoms with Crippen molar-refractivity contribution < 1.29 is 29.0 Å². The van der Waals surface area contributed by atoms with Crippen LogP contribution in [-0.4, -0.2) is 64.2 Å². The van der Waals surface area contributed by atoms with Crippen molar-refractivity contribution in [3.05, 3.63) is 53.6 Å². The Morgan fingerprint density at radius 1 is 1.07 bits per heavy atom. The summed E-state index contributed by atoms with van der Waals surface area (Å²) in [6.07, 6.45) is 1.66. The van der Waals surface area contributed by atoms with Gasteiger partial charge in [-0.25, -0.2) is 0 Å². The lowest BCUT2D eigenvalue weighted by Crippen LogP contribution is -2.57. The van der Waals surface area contributed by atoms with E-state index in [1.807, 2.05) is 27.7 Å². The van der Waals surface area contributed by atoms with Crippen LogP contribution in [0.15, 0.2) is 48.5 Å². The third-order valence-corrected chi connectivity index (χ3v) is 9.39. The lowest BCUT2D eigenvalue weighted by molar-refractivity contribution is -0.148. The van der Waals surface area contributed by atoms with E-state index in [-0.39, 0.29) is 24.3 Å². The molecule has 0 radical (unpaired) electrons. The number of aliphatic hydroxyl groups excluding tert-OH is 1. The molecule has 2 bridgehead atoms. The highest BCUT2D eigenvalue weighted by Gasteiger charge is 2.78. The summed E-state index contributed by atoms with van der Waals surface area (Å²) in [7, 11) is 0. The minimum absolute atomic E-state index is 0.0890. The van der Waals surface area contributed by atoms with Gasteiger partial charge < -0.3 is 30.1 Å². The molecular weight excluding hydrogens is 546 g/mol. The highest BCUT2D eigenvalue weighted by molar-refractivity contribution is 6.30. The molecule has 10 heteroatoms. The number of benzene rings is 2. The van der Waals surface area contributed by atoms with E-state index in [1.54, 1.807) is 48.5 Å². The second-order valence-corrected chi connectivity index (χ2v) is 12.0. The van der Waals surface area contributed by atoms with Crippen molar-refractivity contribution in [1.82, 2.24) is 4.90 Å². The first kappa shape index (κ1) is 29.4. The highest BCUT2D eigenvalue weighted by Crippen LogP contribution is 2.63. The van der Waals surface area contributed by atoms with E-state index in [0.717, 1.165) is 0 Å². The second-order valence-electron chi connectivity index (χ2n) is 11.6. The van der Waals surface area contributed by atoms with Crippen molar-refractivity contribution in [2.24, 2.45) is 17.8 Å². The molecule has 0 aliphatic carbocycles. The molecule has 2 aromatic carbocycles. The summed E-state index contributed by atoms with van der Waals surface area (Å²) in [4.78, 5) is 43.8. The Morgan fingerprint density at radius 2 is 1.68 bits per heavy atom. The Bertz CT molecular complexity index is 1300. The predicted molar refractivity (Wildman–Crippen MR) is 156 cm³/mol. The molecule has 2 unspecified atom stereocenters. The Morgan fingerprint density at radius 3 is 2.27 bits per heavy atom. The minimum Gasteiger partial charge on any atom is -0.494 e. The summed E-state index contributed by atoms with van der Waals surface area (Å²) >= 11 is 6.04. The number of halogens is 1. The van der Waals surface area contributed by atoms with E-state index < -0.39 is 41.0 Å². The molecule has 0 saturated carbocycles. The summed E-state index contributed by atoms with van der Waals surface area (Å²) in [6, 6.07) is 12.2. The number of carbonyl (C=O) groups is 3. The van der Waals surface area contributed by atoms with Crippen LogP contribution in [0.3, 0.4) is 0 Å². The summed E-state index contributed by atoms with van der Waals surface area (Å²) < 4.78 is 12.2. The zero-order valence-electron chi connectivity index (χ0n) is 23.9. The van der Waals surface area contributed by atoms with Gasteiger partial charge in [-0.3, -0.25) is 14.4 Å². The molecule has 3 aliphatic heterocycles. The molecule has 5 rings (SSSR count). The molecule has 3 amide bonds. The van der Waals surface area contributed by atoms with Gasteiger partial charge in [0.1, 0.15) is 17.4 Å². The van der Waals surface area contributed by atoms with Gasteiger partial charge in [0.15, 0.2) is 0 Å². The summed E-state index contributed by atoms with van der Waals surface area (Å²) in [5.74, 6) is -2.17. The number of nitrogens with one attached hydrogen (secondary N) is 2. The van der Waals surface area contributed by atoms with Gasteiger partial charge in [-0.15, -0.1) is 0 Å². The lowest BCUT2D eigenvalue weighted by Gasteiger charge is -2.39. The predicted octanol–water partition coefficient (Wildman–Crippen LogP) is 4.49. The van der Waals surface area contributed by atoms with Gasteiger partial charge in [-0.2, -0.15) is 0 Å². The number of nitrogens with zero attached hydrogens (tertiary/aromatic N) is 1. The van der Waals surface area contributed by atoms with Crippen molar-refractivity contribution >= 4 is 40.7 Å². The Balaban J connectivity index is 1.51. The largest absolute Gasteiger partial charge is 0.494 e. The topological polar surface area (TPSA) is 117 Å².